The molecular formula is C31H63NO2. The minimum atomic E-state index is 0.0351. The largest absolute Gasteiger partial charge is 0.465 e. The van der Waals surface area contributed by atoms with E-state index in [2.05, 4.69) is 26.1 Å². The van der Waals surface area contributed by atoms with Crippen LogP contribution in [0.15, 0.2) is 0 Å². The molecule has 3 heteroatoms. The molecule has 0 amide bonds. The van der Waals surface area contributed by atoms with Crippen LogP contribution < -0.4 is 5.32 Å². The third-order valence-electron chi connectivity index (χ3n) is 7.10. The van der Waals surface area contributed by atoms with Gasteiger partial charge in [0.1, 0.15) is 0 Å². The van der Waals surface area contributed by atoms with Gasteiger partial charge in [-0.05, 0) is 51.1 Å². The molecule has 0 unspecified atom stereocenters. The Hall–Kier alpha value is -0.570. The van der Waals surface area contributed by atoms with Gasteiger partial charge in [0.15, 0.2) is 0 Å². The number of nitrogens with one attached hydrogen (secondary N) is 1. The van der Waals surface area contributed by atoms with Crippen LogP contribution in [0.3, 0.4) is 0 Å². The lowest BCUT2D eigenvalue weighted by Crippen LogP contribution is -2.16. The van der Waals surface area contributed by atoms with Gasteiger partial charge in [-0.2, -0.15) is 0 Å². The second kappa shape index (κ2) is 28.7. The van der Waals surface area contributed by atoms with Crippen molar-refractivity contribution in [3.63, 3.8) is 0 Å². The van der Waals surface area contributed by atoms with Gasteiger partial charge in [-0.25, -0.2) is 0 Å². The van der Waals surface area contributed by atoms with Crippen LogP contribution in [0.5, 0.6) is 0 Å². The highest BCUT2D eigenvalue weighted by Gasteiger charge is 2.12. The van der Waals surface area contributed by atoms with Crippen molar-refractivity contribution in [2.75, 3.05) is 19.7 Å². The molecule has 0 aliphatic carbocycles. The fourth-order valence-corrected chi connectivity index (χ4v) is 4.70. The number of ether oxygens (including phenoxy) is 1. The molecule has 0 aliphatic heterocycles. The van der Waals surface area contributed by atoms with Gasteiger partial charge in [0.2, 0.25) is 0 Å². The highest BCUT2D eigenvalue weighted by molar-refractivity contribution is 5.69. The molecule has 0 fully saturated rings. The van der Waals surface area contributed by atoms with Crippen molar-refractivity contribution in [2.45, 2.75) is 168 Å². The van der Waals surface area contributed by atoms with Crippen LogP contribution in [0.25, 0.3) is 0 Å². The Balaban J connectivity index is 3.59. The number of hydrogen-bond donors (Lipinski definition) is 1. The van der Waals surface area contributed by atoms with Gasteiger partial charge < -0.3 is 10.1 Å². The molecule has 3 nitrogen and oxygen atoms in total. The Morgan fingerprint density at radius 2 is 0.971 bits per heavy atom. The monoisotopic (exact) mass is 481 g/mol. The standard InChI is InChI=1S/C31H63NO2/c1-4-7-10-17-22-27-32-28-23-18-15-13-14-16-21-26-31(33)34-29-30(24-19-11-8-5-2)25-20-12-9-6-3/h30,32H,4-29H2,1-3H3. The van der Waals surface area contributed by atoms with Crippen molar-refractivity contribution >= 4 is 5.97 Å². The number of esters is 1. The topological polar surface area (TPSA) is 38.3 Å². The SMILES string of the molecule is CCCCCCCNCCCCCCCCCC(=O)OCC(CCCCCC)CCCCCC. The Labute approximate surface area is 215 Å². The van der Waals surface area contributed by atoms with Gasteiger partial charge in [0, 0.05) is 6.42 Å². The number of carbonyl (C=O) groups excluding carboxylic acids is 1. The van der Waals surface area contributed by atoms with E-state index in [1.54, 1.807) is 0 Å². The van der Waals surface area contributed by atoms with Gasteiger partial charge in [-0.1, -0.05) is 130 Å². The minimum absolute atomic E-state index is 0.0351. The molecule has 34 heavy (non-hydrogen) atoms. The quantitative estimate of drug-likeness (QED) is 0.0892. The van der Waals surface area contributed by atoms with Crippen LogP contribution in [0.4, 0.5) is 0 Å². The van der Waals surface area contributed by atoms with Crippen molar-refractivity contribution in [3.05, 3.63) is 0 Å². The van der Waals surface area contributed by atoms with Crippen molar-refractivity contribution in [1.29, 1.82) is 0 Å². The first kappa shape index (κ1) is 33.4. The third kappa shape index (κ3) is 26.0. The van der Waals surface area contributed by atoms with Crippen LogP contribution in [0.1, 0.15) is 168 Å². The summed E-state index contributed by atoms with van der Waals surface area (Å²) in [6.07, 6.45) is 29.1. The van der Waals surface area contributed by atoms with E-state index in [0.717, 1.165) is 6.42 Å². The van der Waals surface area contributed by atoms with Crippen LogP contribution in [0.2, 0.25) is 0 Å². The smallest absolute Gasteiger partial charge is 0.305 e. The summed E-state index contributed by atoms with van der Waals surface area (Å²) in [7, 11) is 0. The lowest BCUT2D eigenvalue weighted by atomic mass is 9.95. The van der Waals surface area contributed by atoms with Gasteiger partial charge in [0.05, 0.1) is 6.61 Å². The molecule has 0 saturated carbocycles. The molecule has 0 aromatic carbocycles. The molecule has 0 aromatic heterocycles. The fraction of sp³-hybridized carbons (Fsp3) is 0.968. The average Bonchev–Trinajstić information content (AvgIpc) is 2.84. The van der Waals surface area contributed by atoms with E-state index in [4.69, 9.17) is 4.74 Å². The molecule has 0 heterocycles. The highest BCUT2D eigenvalue weighted by Crippen LogP contribution is 2.19. The zero-order valence-electron chi connectivity index (χ0n) is 23.8. The van der Waals surface area contributed by atoms with E-state index in [0.29, 0.717) is 18.9 Å². The van der Waals surface area contributed by atoms with E-state index >= 15 is 0 Å². The third-order valence-corrected chi connectivity index (χ3v) is 7.10. The fourth-order valence-electron chi connectivity index (χ4n) is 4.70. The summed E-state index contributed by atoms with van der Waals surface area (Å²) in [5, 5.41) is 3.59. The maximum Gasteiger partial charge on any atom is 0.305 e. The van der Waals surface area contributed by atoms with E-state index in [-0.39, 0.29) is 5.97 Å². The maximum atomic E-state index is 12.2. The zero-order chi connectivity index (χ0) is 25.0. The van der Waals surface area contributed by atoms with Crippen molar-refractivity contribution in [1.82, 2.24) is 5.32 Å². The first-order valence-corrected chi connectivity index (χ1v) is 15.6. The normalized spacial score (nSPS) is 11.4. The zero-order valence-corrected chi connectivity index (χ0v) is 23.8. The second-order valence-electron chi connectivity index (χ2n) is 10.6. The minimum Gasteiger partial charge on any atom is -0.465 e. The summed E-state index contributed by atoms with van der Waals surface area (Å²) in [6, 6.07) is 0. The summed E-state index contributed by atoms with van der Waals surface area (Å²) in [5.74, 6) is 0.612. The summed E-state index contributed by atoms with van der Waals surface area (Å²) < 4.78 is 5.69. The number of rotatable bonds is 28. The Morgan fingerprint density at radius 1 is 0.559 bits per heavy atom. The lowest BCUT2D eigenvalue weighted by molar-refractivity contribution is -0.145. The molecule has 0 radical (unpaired) electrons. The van der Waals surface area contributed by atoms with Crippen molar-refractivity contribution in [2.24, 2.45) is 5.92 Å². The first-order chi connectivity index (χ1) is 16.7. The van der Waals surface area contributed by atoms with Crippen LogP contribution in [-0.4, -0.2) is 25.7 Å². The van der Waals surface area contributed by atoms with Crippen LogP contribution in [-0.2, 0) is 9.53 Å². The summed E-state index contributed by atoms with van der Waals surface area (Å²) in [6.45, 7) is 9.83. The van der Waals surface area contributed by atoms with Gasteiger partial charge in [-0.3, -0.25) is 4.79 Å². The Morgan fingerprint density at radius 3 is 1.47 bits per heavy atom. The molecule has 1 N–H and O–H groups in total. The van der Waals surface area contributed by atoms with E-state index < -0.39 is 0 Å². The van der Waals surface area contributed by atoms with Crippen LogP contribution in [0, 0.1) is 5.92 Å². The molecule has 204 valence electrons. The number of carbonyl (C=O) groups is 1. The second-order valence-corrected chi connectivity index (χ2v) is 10.6. The predicted molar refractivity (Wildman–Crippen MR) is 151 cm³/mol. The molecule has 0 bridgehead atoms. The van der Waals surface area contributed by atoms with E-state index in [1.807, 2.05) is 0 Å². The Bertz CT molecular complexity index is 387. The predicted octanol–water partition coefficient (Wildman–Crippen LogP) is 9.77. The number of unbranched alkanes of at least 4 members (excludes halogenated alkanes) is 16. The molecule has 0 spiro atoms. The molecule has 0 aliphatic rings. The van der Waals surface area contributed by atoms with E-state index in [9.17, 15) is 4.79 Å². The van der Waals surface area contributed by atoms with E-state index in [1.165, 1.54) is 148 Å². The van der Waals surface area contributed by atoms with Crippen molar-refractivity contribution < 1.29 is 9.53 Å². The summed E-state index contributed by atoms with van der Waals surface area (Å²) in [5.41, 5.74) is 0. The number of hydrogen-bond acceptors (Lipinski definition) is 3. The van der Waals surface area contributed by atoms with Gasteiger partial charge >= 0.3 is 5.97 Å². The van der Waals surface area contributed by atoms with Gasteiger partial charge in [-0.15, -0.1) is 0 Å². The first-order valence-electron chi connectivity index (χ1n) is 15.6. The van der Waals surface area contributed by atoms with Gasteiger partial charge in [0.25, 0.3) is 0 Å². The molecular weight excluding hydrogens is 418 g/mol. The molecule has 0 rings (SSSR count). The van der Waals surface area contributed by atoms with Crippen LogP contribution >= 0.6 is 0 Å². The summed E-state index contributed by atoms with van der Waals surface area (Å²) >= 11 is 0. The highest BCUT2D eigenvalue weighted by atomic mass is 16.5. The average molecular weight is 482 g/mol. The summed E-state index contributed by atoms with van der Waals surface area (Å²) in [4.78, 5) is 12.2. The lowest BCUT2D eigenvalue weighted by Gasteiger charge is -2.17. The molecule has 0 saturated heterocycles. The Kier molecular flexibility index (Phi) is 28.2. The maximum absolute atomic E-state index is 12.2. The molecule has 0 aromatic rings. The van der Waals surface area contributed by atoms with Crippen molar-refractivity contribution in [3.8, 4) is 0 Å². The molecule has 0 atom stereocenters.